The van der Waals surface area contributed by atoms with E-state index in [4.69, 9.17) is 0 Å². The van der Waals surface area contributed by atoms with Gasteiger partial charge in [-0.05, 0) is 63.9 Å². The number of para-hydroxylation sites is 1. The zero-order valence-electron chi connectivity index (χ0n) is 16.3. The molecule has 1 aromatic rings. The van der Waals surface area contributed by atoms with Crippen molar-refractivity contribution in [2.24, 2.45) is 0 Å². The van der Waals surface area contributed by atoms with E-state index in [1.165, 1.54) is 17.7 Å². The van der Waals surface area contributed by atoms with Crippen molar-refractivity contribution < 1.29 is 4.79 Å². The summed E-state index contributed by atoms with van der Waals surface area (Å²) in [5.41, 5.74) is 2.73. The second kappa shape index (κ2) is 10.4. The van der Waals surface area contributed by atoms with Gasteiger partial charge in [0.2, 0.25) is 5.91 Å². The maximum absolute atomic E-state index is 12.3. The molecule has 0 radical (unpaired) electrons. The Bertz CT molecular complexity index is 528. The summed E-state index contributed by atoms with van der Waals surface area (Å²) in [6.45, 7) is 11.7. The highest BCUT2D eigenvalue weighted by atomic mass is 16.1. The summed E-state index contributed by atoms with van der Waals surface area (Å²) in [5.74, 6) is 0.179. The minimum absolute atomic E-state index is 0.179. The van der Waals surface area contributed by atoms with Crippen LogP contribution in [-0.2, 0) is 11.2 Å². The van der Waals surface area contributed by atoms with Crippen molar-refractivity contribution in [1.29, 1.82) is 0 Å². The molecule has 1 aliphatic rings. The van der Waals surface area contributed by atoms with Crippen LogP contribution in [0.2, 0.25) is 0 Å². The third-order valence-electron chi connectivity index (χ3n) is 5.23. The van der Waals surface area contributed by atoms with Gasteiger partial charge in [-0.1, -0.05) is 32.0 Å². The molecule has 0 aliphatic carbocycles. The number of rotatable bonds is 10. The molecule has 1 amide bonds. The fraction of sp³-hybridized carbons (Fsp3) is 0.667. The van der Waals surface area contributed by atoms with Crippen LogP contribution in [-0.4, -0.2) is 49.6 Å². The van der Waals surface area contributed by atoms with Gasteiger partial charge in [-0.2, -0.15) is 0 Å². The molecule has 0 spiro atoms. The first kappa shape index (κ1) is 19.8. The maximum Gasteiger partial charge on any atom is 0.221 e. The quantitative estimate of drug-likeness (QED) is 0.705. The lowest BCUT2D eigenvalue weighted by Gasteiger charge is -2.31. The molecule has 1 N–H and O–H groups in total. The van der Waals surface area contributed by atoms with Crippen LogP contribution in [0, 0.1) is 0 Å². The van der Waals surface area contributed by atoms with Gasteiger partial charge in [-0.3, -0.25) is 4.79 Å². The number of aryl methyl sites for hydroxylation is 1. The third kappa shape index (κ3) is 6.35. The van der Waals surface area contributed by atoms with Gasteiger partial charge >= 0.3 is 0 Å². The molecule has 2 rings (SSSR count). The van der Waals surface area contributed by atoms with Gasteiger partial charge in [0.05, 0.1) is 0 Å². The van der Waals surface area contributed by atoms with Gasteiger partial charge in [0.15, 0.2) is 0 Å². The average Bonchev–Trinajstić information content (AvgIpc) is 2.63. The highest BCUT2D eigenvalue weighted by Crippen LogP contribution is 2.26. The fourth-order valence-corrected chi connectivity index (χ4v) is 3.66. The van der Waals surface area contributed by atoms with E-state index in [9.17, 15) is 4.79 Å². The number of nitrogens with one attached hydrogen (secondary N) is 1. The van der Waals surface area contributed by atoms with Crippen LogP contribution in [0.4, 0.5) is 5.69 Å². The second-order valence-corrected chi connectivity index (χ2v) is 7.11. The van der Waals surface area contributed by atoms with Gasteiger partial charge < -0.3 is 15.1 Å². The Balaban J connectivity index is 1.69. The second-order valence-electron chi connectivity index (χ2n) is 7.11. The van der Waals surface area contributed by atoms with Crippen molar-refractivity contribution >= 4 is 11.6 Å². The predicted molar refractivity (Wildman–Crippen MR) is 106 cm³/mol. The van der Waals surface area contributed by atoms with Crippen molar-refractivity contribution in [2.45, 2.75) is 58.9 Å². The molecule has 1 aromatic carbocycles. The van der Waals surface area contributed by atoms with E-state index in [0.717, 1.165) is 52.0 Å². The number of carbonyl (C=O) groups excluding carboxylic acids is 1. The van der Waals surface area contributed by atoms with Gasteiger partial charge in [0.1, 0.15) is 0 Å². The van der Waals surface area contributed by atoms with Crippen LogP contribution in [0.25, 0.3) is 0 Å². The Hall–Kier alpha value is -1.55. The van der Waals surface area contributed by atoms with E-state index < -0.39 is 0 Å². The van der Waals surface area contributed by atoms with E-state index in [2.05, 4.69) is 60.2 Å². The molecule has 1 aliphatic heterocycles. The van der Waals surface area contributed by atoms with Crippen LogP contribution >= 0.6 is 0 Å². The number of benzene rings is 1. The predicted octanol–water partition coefficient (Wildman–Crippen LogP) is 3.46. The smallest absolute Gasteiger partial charge is 0.221 e. The van der Waals surface area contributed by atoms with Crippen LogP contribution in [0.3, 0.4) is 0 Å². The number of hydrogen-bond donors (Lipinski definition) is 1. The van der Waals surface area contributed by atoms with Crippen molar-refractivity contribution in [3.63, 3.8) is 0 Å². The number of hydrogen-bond acceptors (Lipinski definition) is 3. The summed E-state index contributed by atoms with van der Waals surface area (Å²) in [7, 11) is 0. The lowest BCUT2D eigenvalue weighted by Crippen LogP contribution is -2.37. The van der Waals surface area contributed by atoms with Gasteiger partial charge in [0, 0.05) is 31.2 Å². The highest BCUT2D eigenvalue weighted by molar-refractivity contribution is 5.77. The van der Waals surface area contributed by atoms with E-state index in [1.807, 2.05) is 0 Å². The van der Waals surface area contributed by atoms with Crippen LogP contribution in [0.1, 0.15) is 52.0 Å². The van der Waals surface area contributed by atoms with E-state index in [0.29, 0.717) is 6.42 Å². The van der Waals surface area contributed by atoms with Crippen molar-refractivity contribution in [3.05, 3.63) is 29.8 Å². The fourth-order valence-electron chi connectivity index (χ4n) is 3.66. The average molecular weight is 346 g/mol. The van der Waals surface area contributed by atoms with Crippen LogP contribution in [0.15, 0.2) is 24.3 Å². The van der Waals surface area contributed by atoms with Gasteiger partial charge in [-0.25, -0.2) is 0 Å². The lowest BCUT2D eigenvalue weighted by atomic mass is 10.0. The number of amides is 1. The largest absolute Gasteiger partial charge is 0.371 e. The molecular weight excluding hydrogens is 310 g/mol. The lowest BCUT2D eigenvalue weighted by molar-refractivity contribution is -0.121. The summed E-state index contributed by atoms with van der Waals surface area (Å²) < 4.78 is 0. The van der Waals surface area contributed by atoms with Crippen LogP contribution in [0.5, 0.6) is 0 Å². The first-order chi connectivity index (χ1) is 12.1. The molecule has 1 atom stereocenters. The molecule has 4 nitrogen and oxygen atoms in total. The minimum atomic E-state index is 0.179. The highest BCUT2D eigenvalue weighted by Gasteiger charge is 2.17. The summed E-state index contributed by atoms with van der Waals surface area (Å²) in [6.07, 6.45) is 5.11. The number of nitrogens with zero attached hydrogens (tertiary/aromatic N) is 2. The number of fused-ring (bicyclic) bond motifs is 1. The van der Waals surface area contributed by atoms with Gasteiger partial charge in [0.25, 0.3) is 0 Å². The van der Waals surface area contributed by atoms with Crippen molar-refractivity contribution in [1.82, 2.24) is 10.2 Å². The standard InChI is InChI=1S/C21H35N3O/c1-4-23(5-2)15-8-10-18(3)22-21(25)14-17-24-16-9-12-19-11-6-7-13-20(19)24/h6-7,11,13,18H,4-5,8-10,12,14-17H2,1-3H3,(H,22,25). The summed E-state index contributed by atoms with van der Waals surface area (Å²) in [4.78, 5) is 17.1. The zero-order valence-corrected chi connectivity index (χ0v) is 16.3. The Morgan fingerprint density at radius 1 is 1.28 bits per heavy atom. The zero-order chi connectivity index (χ0) is 18.1. The third-order valence-corrected chi connectivity index (χ3v) is 5.23. The normalized spacial score (nSPS) is 15.1. The van der Waals surface area contributed by atoms with Crippen molar-refractivity contribution in [2.75, 3.05) is 37.6 Å². The first-order valence-electron chi connectivity index (χ1n) is 9.98. The number of anilines is 1. The molecule has 4 heteroatoms. The molecule has 0 aromatic heterocycles. The van der Waals surface area contributed by atoms with Crippen LogP contribution < -0.4 is 10.2 Å². The Labute approximate surface area is 153 Å². The summed E-state index contributed by atoms with van der Waals surface area (Å²) >= 11 is 0. The summed E-state index contributed by atoms with van der Waals surface area (Å²) in [6, 6.07) is 8.85. The molecule has 0 fully saturated rings. The monoisotopic (exact) mass is 345 g/mol. The summed E-state index contributed by atoms with van der Waals surface area (Å²) in [5, 5.41) is 3.17. The Morgan fingerprint density at radius 3 is 2.80 bits per heavy atom. The van der Waals surface area contributed by atoms with E-state index in [-0.39, 0.29) is 11.9 Å². The topological polar surface area (TPSA) is 35.6 Å². The Kier molecular flexibility index (Phi) is 8.26. The minimum Gasteiger partial charge on any atom is -0.371 e. The Morgan fingerprint density at radius 2 is 2.04 bits per heavy atom. The van der Waals surface area contributed by atoms with E-state index >= 15 is 0 Å². The van der Waals surface area contributed by atoms with Gasteiger partial charge in [-0.15, -0.1) is 0 Å². The molecule has 1 unspecified atom stereocenters. The molecule has 1 heterocycles. The SMILES string of the molecule is CCN(CC)CCCC(C)NC(=O)CCN1CCCc2ccccc21. The first-order valence-corrected chi connectivity index (χ1v) is 9.98. The molecular formula is C21H35N3O. The number of carbonyl (C=O) groups is 1. The van der Waals surface area contributed by atoms with E-state index in [1.54, 1.807) is 0 Å². The molecule has 0 saturated carbocycles. The molecule has 25 heavy (non-hydrogen) atoms. The maximum atomic E-state index is 12.3. The molecule has 140 valence electrons. The molecule has 0 bridgehead atoms. The van der Waals surface area contributed by atoms with Crippen molar-refractivity contribution in [3.8, 4) is 0 Å². The molecule has 0 saturated heterocycles.